The molecule has 88 valence electrons. The van der Waals surface area contributed by atoms with E-state index in [0.717, 1.165) is 0 Å². The molecule has 0 saturated heterocycles. The molecule has 1 aromatic heterocycles. The van der Waals surface area contributed by atoms with Crippen LogP contribution in [0.3, 0.4) is 0 Å². The Balaban J connectivity index is 2.76. The predicted octanol–water partition coefficient (Wildman–Crippen LogP) is 1.78. The number of hydrogen-bond donors (Lipinski definition) is 1. The highest BCUT2D eigenvalue weighted by Crippen LogP contribution is 2.14. The van der Waals surface area contributed by atoms with Crippen molar-refractivity contribution in [2.75, 3.05) is 13.6 Å². The molecule has 1 unspecified atom stereocenters. The van der Waals surface area contributed by atoms with E-state index < -0.39 is 4.92 Å². The number of nitro groups is 1. The summed E-state index contributed by atoms with van der Waals surface area (Å²) in [5.74, 6) is -0.264. The van der Waals surface area contributed by atoms with E-state index in [1.54, 1.807) is 7.05 Å². The first-order valence-electron chi connectivity index (χ1n) is 4.64. The van der Waals surface area contributed by atoms with Crippen molar-refractivity contribution in [3.8, 4) is 0 Å². The number of nitrogens with zero attached hydrogens (tertiary/aromatic N) is 2. The lowest BCUT2D eigenvalue weighted by atomic mass is 10.3. The molecule has 1 heterocycles. The van der Waals surface area contributed by atoms with Crippen LogP contribution in [-0.2, 0) is 0 Å². The van der Waals surface area contributed by atoms with Crippen LogP contribution in [0.1, 0.15) is 17.4 Å². The van der Waals surface area contributed by atoms with Crippen LogP contribution in [0.25, 0.3) is 0 Å². The Hall–Kier alpha value is -1.37. The van der Waals surface area contributed by atoms with Crippen molar-refractivity contribution in [3.05, 3.63) is 28.1 Å². The van der Waals surface area contributed by atoms with Gasteiger partial charge < -0.3 is 9.88 Å². The molecule has 1 N–H and O–H groups in total. The van der Waals surface area contributed by atoms with Crippen molar-refractivity contribution < 1.29 is 9.72 Å². The second-order valence-electron chi connectivity index (χ2n) is 3.50. The number of halogens is 1. The molecular weight excluding hydrogens is 278 g/mol. The monoisotopic (exact) mass is 289 g/mol. The summed E-state index contributed by atoms with van der Waals surface area (Å²) < 4.78 is 0. The maximum absolute atomic E-state index is 11.8. The fourth-order valence-corrected chi connectivity index (χ4v) is 1.71. The van der Waals surface area contributed by atoms with E-state index in [9.17, 15) is 14.9 Å². The van der Waals surface area contributed by atoms with Gasteiger partial charge in [0.25, 0.3) is 11.6 Å². The largest absolute Gasteiger partial charge is 0.351 e. The van der Waals surface area contributed by atoms with Gasteiger partial charge in [0.05, 0.1) is 11.1 Å². The van der Waals surface area contributed by atoms with Crippen LogP contribution >= 0.6 is 15.9 Å². The second-order valence-corrected chi connectivity index (χ2v) is 5.06. The zero-order valence-corrected chi connectivity index (χ0v) is 10.5. The molecule has 6 nitrogen and oxygen atoms in total. The molecule has 0 aromatic carbocycles. The molecule has 0 bridgehead atoms. The van der Waals surface area contributed by atoms with Gasteiger partial charge in [0, 0.05) is 24.5 Å². The summed E-state index contributed by atoms with van der Waals surface area (Å²) in [6.07, 6.45) is 1.21. The number of hydrogen-bond acceptors (Lipinski definition) is 3. The van der Waals surface area contributed by atoms with Crippen molar-refractivity contribution in [1.29, 1.82) is 0 Å². The molecule has 0 saturated carbocycles. The van der Waals surface area contributed by atoms with Gasteiger partial charge in [-0.3, -0.25) is 14.9 Å². The van der Waals surface area contributed by atoms with Crippen LogP contribution in [0.5, 0.6) is 0 Å². The van der Waals surface area contributed by atoms with E-state index in [1.165, 1.54) is 17.2 Å². The third kappa shape index (κ3) is 3.06. The van der Waals surface area contributed by atoms with Crippen LogP contribution in [0.2, 0.25) is 0 Å². The van der Waals surface area contributed by atoms with Gasteiger partial charge >= 0.3 is 0 Å². The third-order valence-corrected chi connectivity index (χ3v) is 2.27. The first kappa shape index (κ1) is 12.7. The summed E-state index contributed by atoms with van der Waals surface area (Å²) in [5, 5.41) is 10.4. The summed E-state index contributed by atoms with van der Waals surface area (Å²) in [7, 11) is 1.65. The first-order chi connectivity index (χ1) is 7.41. The number of alkyl halides is 1. The molecule has 0 aliphatic heterocycles. The van der Waals surface area contributed by atoms with Gasteiger partial charge in [-0.1, -0.05) is 22.9 Å². The lowest BCUT2D eigenvalue weighted by Crippen LogP contribution is -2.31. The van der Waals surface area contributed by atoms with Crippen molar-refractivity contribution in [2.24, 2.45) is 0 Å². The Morgan fingerprint density at radius 2 is 2.38 bits per heavy atom. The van der Waals surface area contributed by atoms with Gasteiger partial charge in [-0.15, -0.1) is 0 Å². The number of carbonyl (C=O) groups excluding carboxylic acids is 1. The molecular formula is C9H12BrN3O3. The summed E-state index contributed by atoms with van der Waals surface area (Å²) in [6, 6.07) is 1.23. The molecule has 1 atom stereocenters. The van der Waals surface area contributed by atoms with Crippen molar-refractivity contribution in [3.63, 3.8) is 0 Å². The molecule has 0 aliphatic carbocycles. The number of H-pyrrole nitrogens is 1. The number of amides is 1. The smallest absolute Gasteiger partial charge is 0.287 e. The Morgan fingerprint density at radius 3 is 2.81 bits per heavy atom. The normalized spacial score (nSPS) is 12.2. The number of carbonyl (C=O) groups is 1. The lowest BCUT2D eigenvalue weighted by molar-refractivity contribution is -0.384. The van der Waals surface area contributed by atoms with E-state index in [1.807, 2.05) is 6.92 Å². The lowest BCUT2D eigenvalue weighted by Gasteiger charge is -2.17. The molecule has 0 aliphatic rings. The zero-order valence-electron chi connectivity index (χ0n) is 8.94. The Bertz CT molecular complexity index is 402. The van der Waals surface area contributed by atoms with Crippen LogP contribution in [0, 0.1) is 10.1 Å². The first-order valence-corrected chi connectivity index (χ1v) is 5.55. The summed E-state index contributed by atoms with van der Waals surface area (Å²) >= 11 is 3.33. The molecule has 7 heteroatoms. The molecule has 0 spiro atoms. The SMILES string of the molecule is CC(Br)CN(C)C(=O)c1cc([N+](=O)[O-])c[nH]1. The standard InChI is InChI=1S/C9H12BrN3O3/c1-6(10)5-12(2)9(14)8-3-7(4-11-8)13(15)16/h3-4,6,11H,5H2,1-2H3. The summed E-state index contributed by atoms with van der Waals surface area (Å²) in [5.41, 5.74) is 0.117. The van der Waals surface area contributed by atoms with Gasteiger partial charge in [-0.05, 0) is 0 Å². The average molecular weight is 290 g/mol. The Morgan fingerprint density at radius 1 is 1.75 bits per heavy atom. The summed E-state index contributed by atoms with van der Waals surface area (Å²) in [4.78, 5) is 25.9. The number of nitrogens with one attached hydrogen (secondary N) is 1. The van der Waals surface area contributed by atoms with Crippen LogP contribution in [0.4, 0.5) is 5.69 Å². The average Bonchev–Trinajstić information content (AvgIpc) is 2.64. The highest BCUT2D eigenvalue weighted by Gasteiger charge is 2.18. The molecule has 1 amide bonds. The maximum atomic E-state index is 11.8. The van der Waals surface area contributed by atoms with Crippen LogP contribution in [0.15, 0.2) is 12.3 Å². The minimum absolute atomic E-state index is 0.108. The van der Waals surface area contributed by atoms with E-state index in [4.69, 9.17) is 0 Å². The van der Waals surface area contributed by atoms with Crippen molar-refractivity contribution >= 4 is 27.5 Å². The number of aromatic nitrogens is 1. The minimum atomic E-state index is -0.541. The van der Waals surface area contributed by atoms with Gasteiger partial charge in [-0.2, -0.15) is 0 Å². The molecule has 1 aromatic rings. The fourth-order valence-electron chi connectivity index (χ4n) is 1.28. The third-order valence-electron chi connectivity index (χ3n) is 1.98. The molecule has 16 heavy (non-hydrogen) atoms. The predicted molar refractivity (Wildman–Crippen MR) is 62.8 cm³/mol. The van der Waals surface area contributed by atoms with Crippen molar-refractivity contribution in [1.82, 2.24) is 9.88 Å². The van der Waals surface area contributed by atoms with Crippen LogP contribution < -0.4 is 0 Å². The van der Waals surface area contributed by atoms with E-state index >= 15 is 0 Å². The van der Waals surface area contributed by atoms with E-state index in [-0.39, 0.29) is 22.1 Å². The van der Waals surface area contributed by atoms with Gasteiger partial charge in [-0.25, -0.2) is 0 Å². The minimum Gasteiger partial charge on any atom is -0.351 e. The van der Waals surface area contributed by atoms with Gasteiger partial charge in [0.1, 0.15) is 5.69 Å². The topological polar surface area (TPSA) is 79.2 Å². The highest BCUT2D eigenvalue weighted by molar-refractivity contribution is 9.09. The van der Waals surface area contributed by atoms with Gasteiger partial charge in [0.2, 0.25) is 0 Å². The fraction of sp³-hybridized carbons (Fsp3) is 0.444. The summed E-state index contributed by atoms with van der Waals surface area (Å²) in [6.45, 7) is 2.45. The van der Waals surface area contributed by atoms with Crippen LogP contribution in [-0.4, -0.2) is 39.1 Å². The maximum Gasteiger partial charge on any atom is 0.287 e. The van der Waals surface area contributed by atoms with E-state index in [0.29, 0.717) is 6.54 Å². The molecule has 0 radical (unpaired) electrons. The quantitative estimate of drug-likeness (QED) is 0.521. The second kappa shape index (κ2) is 5.11. The highest BCUT2D eigenvalue weighted by atomic mass is 79.9. The number of rotatable bonds is 4. The Kier molecular flexibility index (Phi) is 4.05. The zero-order chi connectivity index (χ0) is 12.3. The van der Waals surface area contributed by atoms with E-state index in [2.05, 4.69) is 20.9 Å². The molecule has 1 rings (SSSR count). The van der Waals surface area contributed by atoms with Gasteiger partial charge in [0.15, 0.2) is 0 Å². The Labute approximate surface area is 101 Å². The van der Waals surface area contributed by atoms with Crippen molar-refractivity contribution in [2.45, 2.75) is 11.8 Å². The molecule has 0 fully saturated rings. The number of aromatic amines is 1.